The van der Waals surface area contributed by atoms with Crippen LogP contribution >= 0.6 is 0 Å². The Balaban J connectivity index is 1.86. The van der Waals surface area contributed by atoms with E-state index in [4.69, 9.17) is 9.47 Å². The molecule has 0 unspecified atom stereocenters. The van der Waals surface area contributed by atoms with Crippen molar-refractivity contribution in [2.45, 2.75) is 57.6 Å². The van der Waals surface area contributed by atoms with Crippen molar-refractivity contribution in [1.82, 2.24) is 10.6 Å². The Hall–Kier alpha value is -2.50. The van der Waals surface area contributed by atoms with E-state index in [1.165, 1.54) is 12.8 Å². The molecular weight excluding hydrogens is 332 g/mol. The van der Waals surface area contributed by atoms with Crippen molar-refractivity contribution in [1.29, 1.82) is 0 Å². The molecular formula is C20H26N2O4. The molecule has 2 amide bonds. The molecule has 1 heterocycles. The summed E-state index contributed by atoms with van der Waals surface area (Å²) in [6, 6.07) is 6.46. The maximum Gasteiger partial charge on any atom is 0.338 e. The molecule has 26 heavy (non-hydrogen) atoms. The maximum atomic E-state index is 12.9. The van der Waals surface area contributed by atoms with Gasteiger partial charge < -0.3 is 20.1 Å². The number of benzene rings is 1. The van der Waals surface area contributed by atoms with Gasteiger partial charge >= 0.3 is 12.0 Å². The summed E-state index contributed by atoms with van der Waals surface area (Å²) in [6.07, 6.45) is 6.33. The normalized spacial score (nSPS) is 21.5. The van der Waals surface area contributed by atoms with Crippen LogP contribution in [0.2, 0.25) is 0 Å². The van der Waals surface area contributed by atoms with Crippen molar-refractivity contribution in [2.24, 2.45) is 0 Å². The second-order valence-electron chi connectivity index (χ2n) is 6.87. The highest BCUT2D eigenvalue weighted by atomic mass is 16.5. The molecule has 6 nitrogen and oxygen atoms in total. The Kier molecular flexibility index (Phi) is 5.81. The summed E-state index contributed by atoms with van der Waals surface area (Å²) in [4.78, 5) is 24.9. The van der Waals surface area contributed by atoms with Crippen LogP contribution in [0, 0.1) is 0 Å². The zero-order valence-corrected chi connectivity index (χ0v) is 15.3. The number of hydrogen-bond acceptors (Lipinski definition) is 4. The highest BCUT2D eigenvalue weighted by molar-refractivity contribution is 5.95. The lowest BCUT2D eigenvalue weighted by atomic mass is 9.95. The number of amides is 2. The average molecular weight is 358 g/mol. The van der Waals surface area contributed by atoms with Crippen LogP contribution in [0.3, 0.4) is 0 Å². The topological polar surface area (TPSA) is 76.7 Å². The van der Waals surface area contributed by atoms with Gasteiger partial charge in [-0.05, 0) is 50.3 Å². The van der Waals surface area contributed by atoms with Gasteiger partial charge in [0.2, 0.25) is 0 Å². The molecule has 1 aromatic carbocycles. The number of urea groups is 1. The first-order valence-corrected chi connectivity index (χ1v) is 9.21. The summed E-state index contributed by atoms with van der Waals surface area (Å²) in [5.74, 6) is 0.305. The predicted molar refractivity (Wildman–Crippen MR) is 97.7 cm³/mol. The number of nitrogens with one attached hydrogen (secondary N) is 2. The van der Waals surface area contributed by atoms with Crippen LogP contribution in [0.25, 0.3) is 0 Å². The van der Waals surface area contributed by atoms with E-state index in [2.05, 4.69) is 10.6 Å². The fraction of sp³-hybridized carbons (Fsp3) is 0.500. The van der Waals surface area contributed by atoms with Crippen LogP contribution in [-0.4, -0.2) is 25.2 Å². The summed E-state index contributed by atoms with van der Waals surface area (Å²) < 4.78 is 11.1. The van der Waals surface area contributed by atoms with Crippen LogP contribution in [0.1, 0.15) is 57.1 Å². The van der Waals surface area contributed by atoms with E-state index in [0.717, 1.165) is 31.2 Å². The molecule has 1 aliphatic heterocycles. The molecule has 1 aliphatic carbocycles. The smallest absolute Gasteiger partial charge is 0.338 e. The summed E-state index contributed by atoms with van der Waals surface area (Å²) in [5.41, 5.74) is 1.76. The summed E-state index contributed by atoms with van der Waals surface area (Å²) in [5, 5.41) is 5.52. The molecule has 0 aromatic heterocycles. The number of hydrogen-bond donors (Lipinski definition) is 2. The van der Waals surface area contributed by atoms with Gasteiger partial charge in [-0.25, -0.2) is 9.59 Å². The van der Waals surface area contributed by atoms with Gasteiger partial charge in [0.05, 0.1) is 18.7 Å². The molecule has 0 saturated heterocycles. The van der Waals surface area contributed by atoms with Crippen molar-refractivity contribution in [3.63, 3.8) is 0 Å². The number of carbonyl (C=O) groups excluding carboxylic acids is 2. The van der Waals surface area contributed by atoms with Gasteiger partial charge in [-0.2, -0.15) is 0 Å². The highest BCUT2D eigenvalue weighted by Gasteiger charge is 2.33. The maximum absolute atomic E-state index is 12.9. The third kappa shape index (κ3) is 4.18. The Bertz CT molecular complexity index is 706. The van der Waals surface area contributed by atoms with Gasteiger partial charge in [-0.1, -0.05) is 25.0 Å². The van der Waals surface area contributed by atoms with Gasteiger partial charge in [0.25, 0.3) is 0 Å². The van der Waals surface area contributed by atoms with Gasteiger partial charge in [0, 0.05) is 5.70 Å². The second kappa shape index (κ2) is 8.25. The van der Waals surface area contributed by atoms with Crippen LogP contribution in [0.4, 0.5) is 4.79 Å². The van der Waals surface area contributed by atoms with Gasteiger partial charge in [0.1, 0.15) is 11.9 Å². The van der Waals surface area contributed by atoms with E-state index in [1.54, 1.807) is 14.0 Å². The molecule has 140 valence electrons. The lowest BCUT2D eigenvalue weighted by Crippen LogP contribution is -2.45. The van der Waals surface area contributed by atoms with E-state index in [-0.39, 0.29) is 18.1 Å². The lowest BCUT2D eigenvalue weighted by Gasteiger charge is -2.29. The molecule has 1 atom stereocenters. The molecule has 0 spiro atoms. The third-order valence-electron chi connectivity index (χ3n) is 4.99. The molecule has 2 N–H and O–H groups in total. The number of esters is 1. The summed E-state index contributed by atoms with van der Waals surface area (Å²) >= 11 is 0. The van der Waals surface area contributed by atoms with Crippen molar-refractivity contribution >= 4 is 12.0 Å². The number of methoxy groups -OCH3 is 1. The quantitative estimate of drug-likeness (QED) is 0.637. The van der Waals surface area contributed by atoms with E-state index >= 15 is 0 Å². The number of rotatable bonds is 4. The van der Waals surface area contributed by atoms with Gasteiger partial charge in [-0.15, -0.1) is 0 Å². The largest absolute Gasteiger partial charge is 0.497 e. The summed E-state index contributed by atoms with van der Waals surface area (Å²) in [7, 11) is 1.59. The fourth-order valence-corrected chi connectivity index (χ4v) is 3.61. The van der Waals surface area contributed by atoms with E-state index in [9.17, 15) is 9.59 Å². The third-order valence-corrected chi connectivity index (χ3v) is 4.99. The molecule has 1 fully saturated rings. The minimum Gasteiger partial charge on any atom is -0.497 e. The lowest BCUT2D eigenvalue weighted by molar-refractivity contribution is -0.145. The number of ether oxygens (including phenoxy) is 2. The fourth-order valence-electron chi connectivity index (χ4n) is 3.61. The molecule has 0 bridgehead atoms. The Morgan fingerprint density at radius 1 is 1.15 bits per heavy atom. The molecule has 1 saturated carbocycles. The zero-order chi connectivity index (χ0) is 18.5. The molecule has 6 heteroatoms. The minimum atomic E-state index is -0.558. The van der Waals surface area contributed by atoms with Crippen LogP contribution in [-0.2, 0) is 9.53 Å². The van der Waals surface area contributed by atoms with Crippen molar-refractivity contribution in [2.75, 3.05) is 7.11 Å². The van der Waals surface area contributed by atoms with E-state index < -0.39 is 6.04 Å². The number of carbonyl (C=O) groups is 2. The van der Waals surface area contributed by atoms with Crippen molar-refractivity contribution < 1.29 is 19.1 Å². The second-order valence-corrected chi connectivity index (χ2v) is 6.87. The van der Waals surface area contributed by atoms with Crippen molar-refractivity contribution in [3.05, 3.63) is 41.1 Å². The predicted octanol–water partition coefficient (Wildman–Crippen LogP) is 3.59. The Morgan fingerprint density at radius 2 is 1.88 bits per heavy atom. The zero-order valence-electron chi connectivity index (χ0n) is 15.3. The van der Waals surface area contributed by atoms with Gasteiger partial charge in [-0.3, -0.25) is 0 Å². The van der Waals surface area contributed by atoms with Gasteiger partial charge in [0.15, 0.2) is 0 Å². The first-order valence-electron chi connectivity index (χ1n) is 9.21. The molecule has 0 radical (unpaired) electrons. The van der Waals surface area contributed by atoms with E-state index in [1.807, 2.05) is 24.3 Å². The summed E-state index contributed by atoms with van der Waals surface area (Å²) in [6.45, 7) is 1.73. The molecule has 3 rings (SSSR count). The average Bonchev–Trinajstić information content (AvgIpc) is 2.89. The van der Waals surface area contributed by atoms with Crippen molar-refractivity contribution in [3.8, 4) is 5.75 Å². The Labute approximate surface area is 153 Å². The van der Waals surface area contributed by atoms with Crippen LogP contribution < -0.4 is 15.4 Å². The Morgan fingerprint density at radius 3 is 2.58 bits per heavy atom. The SMILES string of the molecule is COc1cccc([C@H]2NC(=O)NC(C)=C2C(=O)OC2CCCCCC2)c1. The van der Waals surface area contributed by atoms with Crippen LogP contribution in [0.15, 0.2) is 35.5 Å². The molecule has 1 aromatic rings. The number of allylic oxidation sites excluding steroid dienone is 1. The monoisotopic (exact) mass is 358 g/mol. The van der Waals surface area contributed by atoms with Crippen LogP contribution in [0.5, 0.6) is 5.75 Å². The minimum absolute atomic E-state index is 0.0473. The van der Waals surface area contributed by atoms with E-state index in [0.29, 0.717) is 17.0 Å². The standard InChI is InChI=1S/C20H26N2O4/c1-13-17(19(23)26-15-9-5-3-4-6-10-15)18(22-20(24)21-13)14-8-7-11-16(12-14)25-2/h7-8,11-12,15,18H,3-6,9-10H2,1-2H3,(H2,21,22,24)/t18-/m1/s1. The first-order chi connectivity index (χ1) is 12.6. The molecule has 2 aliphatic rings. The highest BCUT2D eigenvalue weighted by Crippen LogP contribution is 2.31. The first kappa shape index (κ1) is 18.3.